The minimum Gasteiger partial charge on any atom is -0.392 e. The number of aliphatic hydroxyl groups excluding tert-OH is 1. The summed E-state index contributed by atoms with van der Waals surface area (Å²) >= 11 is 1.61. The third kappa shape index (κ3) is 4.02. The summed E-state index contributed by atoms with van der Waals surface area (Å²) in [6.07, 6.45) is 0. The van der Waals surface area contributed by atoms with Crippen LogP contribution in [0.3, 0.4) is 0 Å². The normalized spacial score (nSPS) is 10.8. The van der Waals surface area contributed by atoms with E-state index in [0.29, 0.717) is 0 Å². The Morgan fingerprint density at radius 1 is 1.26 bits per heavy atom. The van der Waals surface area contributed by atoms with Crippen LogP contribution in [0, 0.1) is 0 Å². The van der Waals surface area contributed by atoms with Crippen LogP contribution in [0.2, 0.25) is 0 Å². The van der Waals surface area contributed by atoms with Crippen LogP contribution in [0.4, 0.5) is 0 Å². The highest BCUT2D eigenvalue weighted by Gasteiger charge is 2.06. The molecule has 6 nitrogen and oxygen atoms in total. The Hall–Kier alpha value is -1.44. The molecule has 1 aromatic heterocycles. The first kappa shape index (κ1) is 14.0. The number of thioether (sulfide) groups is 1. The molecular weight excluding hydrogens is 262 g/mol. The minimum absolute atomic E-state index is 0.0791. The molecule has 1 heterocycles. The van der Waals surface area contributed by atoms with Gasteiger partial charge in [-0.1, -0.05) is 36.0 Å². The molecule has 0 atom stereocenters. The largest absolute Gasteiger partial charge is 0.392 e. The zero-order chi connectivity index (χ0) is 13.5. The molecule has 1 aromatic carbocycles. The van der Waals surface area contributed by atoms with Gasteiger partial charge in [-0.05, 0) is 28.6 Å². The second-order valence-electron chi connectivity index (χ2n) is 4.05. The van der Waals surface area contributed by atoms with Gasteiger partial charge in [0.15, 0.2) is 0 Å². The predicted octanol–water partition coefficient (Wildman–Crippen LogP) is 0.677. The molecule has 0 bridgehead atoms. The smallest absolute Gasteiger partial charge is 0.209 e. The lowest BCUT2D eigenvalue weighted by molar-refractivity contribution is 0.282. The molecular formula is C12H17N5OS. The van der Waals surface area contributed by atoms with Gasteiger partial charge in [0.2, 0.25) is 5.16 Å². The van der Waals surface area contributed by atoms with Gasteiger partial charge < -0.3 is 10.4 Å². The van der Waals surface area contributed by atoms with Crippen LogP contribution in [-0.2, 0) is 18.9 Å². The van der Waals surface area contributed by atoms with Crippen LogP contribution in [0.1, 0.15) is 11.1 Å². The highest BCUT2D eigenvalue weighted by molar-refractivity contribution is 7.98. The van der Waals surface area contributed by atoms with Crippen molar-refractivity contribution in [2.24, 2.45) is 0 Å². The number of likely N-dealkylation sites (N-methyl/N-ethyl adjacent to an activating group) is 1. The standard InChI is InChI=1S/C12H17N5OS/c1-13-6-7-17-12(14-15-16-17)19-9-11-4-2-10(8-18)3-5-11/h2-5,13,18H,6-9H2,1H3. The number of benzene rings is 1. The molecule has 0 saturated carbocycles. The molecule has 2 N–H and O–H groups in total. The highest BCUT2D eigenvalue weighted by atomic mass is 32.2. The Morgan fingerprint density at radius 2 is 2.00 bits per heavy atom. The van der Waals surface area contributed by atoms with Crippen molar-refractivity contribution in [3.05, 3.63) is 35.4 Å². The Bertz CT molecular complexity index is 499. The molecule has 0 aliphatic carbocycles. The Morgan fingerprint density at radius 3 is 2.68 bits per heavy atom. The van der Waals surface area contributed by atoms with E-state index < -0.39 is 0 Å². The summed E-state index contributed by atoms with van der Waals surface area (Å²) in [4.78, 5) is 0. The molecule has 0 unspecified atom stereocenters. The van der Waals surface area contributed by atoms with Crippen molar-refractivity contribution in [3.8, 4) is 0 Å². The molecule has 0 aliphatic rings. The molecule has 0 fully saturated rings. The van der Waals surface area contributed by atoms with Gasteiger partial charge >= 0.3 is 0 Å². The maximum atomic E-state index is 8.99. The molecule has 0 saturated heterocycles. The Balaban J connectivity index is 1.92. The lowest BCUT2D eigenvalue weighted by atomic mass is 10.2. The third-order valence-corrected chi connectivity index (χ3v) is 3.67. The van der Waals surface area contributed by atoms with Crippen molar-refractivity contribution in [2.45, 2.75) is 24.1 Å². The van der Waals surface area contributed by atoms with E-state index in [4.69, 9.17) is 5.11 Å². The maximum absolute atomic E-state index is 8.99. The quantitative estimate of drug-likeness (QED) is 0.726. The Kier molecular flexibility index (Phi) is 5.31. The average molecular weight is 279 g/mol. The van der Waals surface area contributed by atoms with Crippen molar-refractivity contribution in [1.82, 2.24) is 25.5 Å². The molecule has 19 heavy (non-hydrogen) atoms. The molecule has 102 valence electrons. The molecule has 0 amide bonds. The maximum Gasteiger partial charge on any atom is 0.209 e. The summed E-state index contributed by atoms with van der Waals surface area (Å²) in [5, 5.41) is 24.5. The van der Waals surface area contributed by atoms with Gasteiger partial charge in [0, 0.05) is 12.3 Å². The lowest BCUT2D eigenvalue weighted by Crippen LogP contribution is -2.16. The average Bonchev–Trinajstić information content (AvgIpc) is 2.91. The van der Waals surface area contributed by atoms with Crippen molar-refractivity contribution >= 4 is 11.8 Å². The van der Waals surface area contributed by atoms with E-state index in [0.717, 1.165) is 29.6 Å². The van der Waals surface area contributed by atoms with Crippen molar-refractivity contribution in [3.63, 3.8) is 0 Å². The topological polar surface area (TPSA) is 75.9 Å². The van der Waals surface area contributed by atoms with E-state index in [9.17, 15) is 0 Å². The summed E-state index contributed by atoms with van der Waals surface area (Å²) < 4.78 is 1.79. The summed E-state index contributed by atoms with van der Waals surface area (Å²) in [5.41, 5.74) is 2.11. The first-order chi connectivity index (χ1) is 9.33. The van der Waals surface area contributed by atoms with E-state index in [1.54, 1.807) is 16.4 Å². The van der Waals surface area contributed by atoms with Gasteiger partial charge in [-0.25, -0.2) is 4.68 Å². The number of aromatic nitrogens is 4. The summed E-state index contributed by atoms with van der Waals surface area (Å²) in [6, 6.07) is 7.89. The summed E-state index contributed by atoms with van der Waals surface area (Å²) in [6.45, 7) is 1.68. The van der Waals surface area contributed by atoms with Crippen LogP contribution >= 0.6 is 11.8 Å². The monoisotopic (exact) mass is 279 g/mol. The predicted molar refractivity (Wildman–Crippen MR) is 73.7 cm³/mol. The highest BCUT2D eigenvalue weighted by Crippen LogP contribution is 2.20. The van der Waals surface area contributed by atoms with Crippen molar-refractivity contribution in [2.75, 3.05) is 13.6 Å². The first-order valence-electron chi connectivity index (χ1n) is 6.05. The molecule has 2 aromatic rings. The molecule has 0 spiro atoms. The van der Waals surface area contributed by atoms with Gasteiger partial charge in [-0.3, -0.25) is 0 Å². The van der Waals surface area contributed by atoms with Crippen LogP contribution < -0.4 is 5.32 Å². The minimum atomic E-state index is 0.0791. The summed E-state index contributed by atoms with van der Waals surface area (Å²) in [7, 11) is 1.90. The van der Waals surface area contributed by atoms with Crippen LogP contribution in [0.15, 0.2) is 29.4 Å². The zero-order valence-electron chi connectivity index (χ0n) is 10.8. The van der Waals surface area contributed by atoms with E-state index in [1.165, 1.54) is 5.56 Å². The van der Waals surface area contributed by atoms with Crippen LogP contribution in [0.5, 0.6) is 0 Å². The van der Waals surface area contributed by atoms with E-state index in [-0.39, 0.29) is 6.61 Å². The number of hydrogen-bond donors (Lipinski definition) is 2. The zero-order valence-corrected chi connectivity index (χ0v) is 11.6. The van der Waals surface area contributed by atoms with Crippen molar-refractivity contribution in [1.29, 1.82) is 0 Å². The number of aliphatic hydroxyl groups is 1. The lowest BCUT2D eigenvalue weighted by Gasteiger charge is -2.04. The van der Waals surface area contributed by atoms with Crippen molar-refractivity contribution < 1.29 is 5.11 Å². The number of tetrazole rings is 1. The number of nitrogens with zero attached hydrogens (tertiary/aromatic N) is 4. The fraction of sp³-hybridized carbons (Fsp3) is 0.417. The van der Waals surface area contributed by atoms with Gasteiger partial charge in [0.1, 0.15) is 0 Å². The van der Waals surface area contributed by atoms with Gasteiger partial charge in [0.25, 0.3) is 0 Å². The van der Waals surface area contributed by atoms with Gasteiger partial charge in [0.05, 0.1) is 13.2 Å². The number of rotatable bonds is 7. The van der Waals surface area contributed by atoms with E-state index in [2.05, 4.69) is 20.8 Å². The summed E-state index contributed by atoms with van der Waals surface area (Å²) in [5.74, 6) is 0.811. The third-order valence-electron chi connectivity index (χ3n) is 2.65. The number of nitrogens with one attached hydrogen (secondary N) is 1. The Labute approximate surface area is 116 Å². The fourth-order valence-corrected chi connectivity index (χ4v) is 2.41. The van der Waals surface area contributed by atoms with Gasteiger partial charge in [-0.2, -0.15) is 0 Å². The first-order valence-corrected chi connectivity index (χ1v) is 7.04. The molecule has 2 rings (SSSR count). The SMILES string of the molecule is CNCCn1nnnc1SCc1ccc(CO)cc1. The molecule has 0 radical (unpaired) electrons. The van der Waals surface area contributed by atoms with Crippen LogP contribution in [-0.4, -0.2) is 38.9 Å². The second kappa shape index (κ2) is 7.22. The van der Waals surface area contributed by atoms with Gasteiger partial charge in [-0.15, -0.1) is 5.10 Å². The second-order valence-corrected chi connectivity index (χ2v) is 4.99. The van der Waals surface area contributed by atoms with E-state index in [1.807, 2.05) is 31.3 Å². The molecule has 7 heteroatoms. The molecule has 0 aliphatic heterocycles. The number of hydrogen-bond acceptors (Lipinski definition) is 6. The fourth-order valence-electron chi connectivity index (χ4n) is 1.55. The van der Waals surface area contributed by atoms with E-state index >= 15 is 0 Å². The van der Waals surface area contributed by atoms with Crippen LogP contribution in [0.25, 0.3) is 0 Å².